The van der Waals surface area contributed by atoms with Crippen LogP contribution in [0.1, 0.15) is 5.89 Å². The van der Waals surface area contributed by atoms with E-state index in [1.165, 1.54) is 0 Å². The summed E-state index contributed by atoms with van der Waals surface area (Å²) in [4.78, 5) is 4.22. The molecular formula is C11H12BrN3O2. The third kappa shape index (κ3) is 3.36. The highest BCUT2D eigenvalue weighted by Gasteiger charge is 2.08. The third-order valence-electron chi connectivity index (χ3n) is 2.06. The average Bonchev–Trinajstić information content (AvgIpc) is 2.79. The van der Waals surface area contributed by atoms with Crippen LogP contribution < -0.4 is 5.73 Å². The lowest BCUT2D eigenvalue weighted by atomic mass is 10.2. The summed E-state index contributed by atoms with van der Waals surface area (Å²) in [6, 6.07) is 7.69. The van der Waals surface area contributed by atoms with Crippen molar-refractivity contribution < 1.29 is 9.26 Å². The van der Waals surface area contributed by atoms with Gasteiger partial charge in [0.05, 0.1) is 6.61 Å². The Morgan fingerprint density at radius 2 is 2.06 bits per heavy atom. The summed E-state index contributed by atoms with van der Waals surface area (Å²) in [7, 11) is 0. The molecule has 0 saturated carbocycles. The molecule has 6 heteroatoms. The molecule has 0 aliphatic rings. The quantitative estimate of drug-likeness (QED) is 0.854. The van der Waals surface area contributed by atoms with Gasteiger partial charge in [0.1, 0.15) is 6.61 Å². The SMILES string of the molecule is NCCOCc1nc(-c2ccc(Br)cc2)no1. The lowest BCUT2D eigenvalue weighted by Crippen LogP contribution is -2.08. The molecule has 0 bridgehead atoms. The Bertz CT molecular complexity index is 470. The van der Waals surface area contributed by atoms with Crippen LogP contribution in [-0.4, -0.2) is 23.3 Å². The van der Waals surface area contributed by atoms with Crippen molar-refractivity contribution >= 4 is 15.9 Å². The molecule has 0 saturated heterocycles. The normalized spacial score (nSPS) is 10.7. The maximum Gasteiger partial charge on any atom is 0.252 e. The Kier molecular flexibility index (Phi) is 4.24. The van der Waals surface area contributed by atoms with Crippen LogP contribution >= 0.6 is 15.9 Å². The number of benzene rings is 1. The van der Waals surface area contributed by atoms with Gasteiger partial charge in [-0.1, -0.05) is 21.1 Å². The van der Waals surface area contributed by atoms with Crippen molar-refractivity contribution in [2.24, 2.45) is 5.73 Å². The van der Waals surface area contributed by atoms with Gasteiger partial charge in [0, 0.05) is 16.6 Å². The molecule has 1 aromatic heterocycles. The molecule has 2 aromatic rings. The Balaban J connectivity index is 2.04. The van der Waals surface area contributed by atoms with E-state index in [0.29, 0.717) is 31.5 Å². The van der Waals surface area contributed by atoms with E-state index in [4.69, 9.17) is 15.0 Å². The summed E-state index contributed by atoms with van der Waals surface area (Å²) < 4.78 is 11.3. The molecule has 0 amide bonds. The monoisotopic (exact) mass is 297 g/mol. The Morgan fingerprint density at radius 3 is 2.76 bits per heavy atom. The predicted molar refractivity (Wildman–Crippen MR) is 66.1 cm³/mol. The Hall–Kier alpha value is -1.24. The van der Waals surface area contributed by atoms with Crippen LogP contribution in [0.25, 0.3) is 11.4 Å². The third-order valence-corrected chi connectivity index (χ3v) is 2.59. The molecule has 0 atom stereocenters. The zero-order valence-electron chi connectivity index (χ0n) is 9.10. The van der Waals surface area contributed by atoms with E-state index in [0.717, 1.165) is 10.0 Å². The number of ether oxygens (including phenoxy) is 1. The first-order valence-corrected chi connectivity index (χ1v) is 5.95. The molecule has 90 valence electrons. The van der Waals surface area contributed by atoms with Gasteiger partial charge in [-0.2, -0.15) is 4.98 Å². The first-order chi connectivity index (χ1) is 8.29. The number of aromatic nitrogens is 2. The molecule has 0 aliphatic heterocycles. The van der Waals surface area contributed by atoms with Gasteiger partial charge in [0.25, 0.3) is 5.89 Å². The maximum atomic E-state index is 5.31. The minimum atomic E-state index is 0.292. The van der Waals surface area contributed by atoms with Crippen molar-refractivity contribution in [3.63, 3.8) is 0 Å². The zero-order valence-corrected chi connectivity index (χ0v) is 10.7. The van der Waals surface area contributed by atoms with Gasteiger partial charge in [-0.05, 0) is 24.3 Å². The molecule has 1 aromatic carbocycles. The van der Waals surface area contributed by atoms with Gasteiger partial charge in [-0.3, -0.25) is 0 Å². The topological polar surface area (TPSA) is 74.2 Å². The standard InChI is InChI=1S/C11H12BrN3O2/c12-9-3-1-8(2-4-9)11-14-10(17-15-11)7-16-6-5-13/h1-4H,5-7,13H2. The molecule has 0 unspecified atom stereocenters. The second kappa shape index (κ2) is 5.90. The number of nitrogens with zero attached hydrogens (tertiary/aromatic N) is 2. The van der Waals surface area contributed by atoms with Gasteiger partial charge in [0.2, 0.25) is 5.82 Å². The van der Waals surface area contributed by atoms with Crippen LogP contribution in [0.3, 0.4) is 0 Å². The summed E-state index contributed by atoms with van der Waals surface area (Å²) in [5, 5.41) is 3.88. The van der Waals surface area contributed by atoms with Gasteiger partial charge in [0.15, 0.2) is 0 Å². The predicted octanol–water partition coefficient (Wildman–Crippen LogP) is 1.97. The van der Waals surface area contributed by atoms with Crippen molar-refractivity contribution in [2.75, 3.05) is 13.2 Å². The number of nitrogens with two attached hydrogens (primary N) is 1. The van der Waals surface area contributed by atoms with E-state index < -0.39 is 0 Å². The van der Waals surface area contributed by atoms with Crippen LogP contribution in [0.4, 0.5) is 0 Å². The summed E-state index contributed by atoms with van der Waals surface area (Å²) in [6.07, 6.45) is 0. The second-order valence-electron chi connectivity index (χ2n) is 3.36. The maximum absolute atomic E-state index is 5.31. The average molecular weight is 298 g/mol. The van der Waals surface area contributed by atoms with Gasteiger partial charge < -0.3 is 15.0 Å². The molecule has 0 radical (unpaired) electrons. The van der Waals surface area contributed by atoms with Crippen LogP contribution in [0.15, 0.2) is 33.3 Å². The smallest absolute Gasteiger partial charge is 0.252 e. The van der Waals surface area contributed by atoms with E-state index in [1.807, 2.05) is 24.3 Å². The highest BCUT2D eigenvalue weighted by Crippen LogP contribution is 2.19. The van der Waals surface area contributed by atoms with Crippen LogP contribution in [0.5, 0.6) is 0 Å². The van der Waals surface area contributed by atoms with E-state index in [1.54, 1.807) is 0 Å². The second-order valence-corrected chi connectivity index (χ2v) is 4.28. The molecule has 17 heavy (non-hydrogen) atoms. The van der Waals surface area contributed by atoms with Crippen LogP contribution in [-0.2, 0) is 11.3 Å². The molecule has 0 aliphatic carbocycles. The van der Waals surface area contributed by atoms with Crippen molar-refractivity contribution in [3.8, 4) is 11.4 Å². The molecular weight excluding hydrogens is 286 g/mol. The first kappa shape index (κ1) is 12.2. The summed E-state index contributed by atoms with van der Waals surface area (Å²) >= 11 is 3.37. The van der Waals surface area contributed by atoms with E-state index in [-0.39, 0.29) is 0 Å². The molecule has 2 rings (SSSR count). The van der Waals surface area contributed by atoms with Crippen molar-refractivity contribution in [1.29, 1.82) is 0 Å². The molecule has 5 nitrogen and oxygen atoms in total. The highest BCUT2D eigenvalue weighted by molar-refractivity contribution is 9.10. The summed E-state index contributed by atoms with van der Waals surface area (Å²) in [5.41, 5.74) is 6.21. The number of hydrogen-bond acceptors (Lipinski definition) is 5. The minimum Gasteiger partial charge on any atom is -0.370 e. The molecule has 0 fully saturated rings. The Morgan fingerprint density at radius 1 is 1.29 bits per heavy atom. The van der Waals surface area contributed by atoms with Gasteiger partial charge in [-0.15, -0.1) is 0 Å². The van der Waals surface area contributed by atoms with E-state index in [2.05, 4.69) is 26.1 Å². The summed E-state index contributed by atoms with van der Waals surface area (Å²) in [6.45, 7) is 1.25. The Labute approximate surface area is 107 Å². The van der Waals surface area contributed by atoms with Crippen molar-refractivity contribution in [3.05, 3.63) is 34.6 Å². The molecule has 2 N–H and O–H groups in total. The largest absolute Gasteiger partial charge is 0.370 e. The van der Waals surface area contributed by atoms with E-state index >= 15 is 0 Å². The fraction of sp³-hybridized carbons (Fsp3) is 0.273. The first-order valence-electron chi connectivity index (χ1n) is 5.16. The van der Waals surface area contributed by atoms with Crippen molar-refractivity contribution in [1.82, 2.24) is 10.1 Å². The fourth-order valence-corrected chi connectivity index (χ4v) is 1.54. The minimum absolute atomic E-state index is 0.292. The van der Waals surface area contributed by atoms with Crippen LogP contribution in [0, 0.1) is 0 Å². The van der Waals surface area contributed by atoms with Gasteiger partial charge in [-0.25, -0.2) is 0 Å². The number of rotatable bonds is 5. The highest BCUT2D eigenvalue weighted by atomic mass is 79.9. The lowest BCUT2D eigenvalue weighted by molar-refractivity contribution is 0.104. The molecule has 0 spiro atoms. The zero-order chi connectivity index (χ0) is 12.1. The number of halogens is 1. The van der Waals surface area contributed by atoms with Crippen molar-refractivity contribution in [2.45, 2.75) is 6.61 Å². The van der Waals surface area contributed by atoms with Crippen LogP contribution in [0.2, 0.25) is 0 Å². The number of hydrogen-bond donors (Lipinski definition) is 1. The van der Waals surface area contributed by atoms with E-state index in [9.17, 15) is 0 Å². The lowest BCUT2D eigenvalue weighted by Gasteiger charge is -1.95. The molecule has 1 heterocycles. The van der Waals surface area contributed by atoms with Gasteiger partial charge >= 0.3 is 0 Å². The fourth-order valence-electron chi connectivity index (χ4n) is 1.27. The summed E-state index contributed by atoms with van der Waals surface area (Å²) in [5.74, 6) is 1.01.